The molecule has 164 valence electrons. The van der Waals surface area contributed by atoms with E-state index in [-0.39, 0.29) is 17.7 Å². The Morgan fingerprint density at radius 2 is 2.00 bits per heavy atom. The summed E-state index contributed by atoms with van der Waals surface area (Å²) in [6, 6.07) is 1.94. The maximum atomic E-state index is 13.7. The molecule has 0 spiro atoms. The van der Waals surface area contributed by atoms with Crippen LogP contribution in [0.1, 0.15) is 31.5 Å². The summed E-state index contributed by atoms with van der Waals surface area (Å²) >= 11 is 0. The highest BCUT2D eigenvalue weighted by atomic mass is 16.5. The van der Waals surface area contributed by atoms with Gasteiger partial charge in [0.15, 0.2) is 0 Å². The summed E-state index contributed by atoms with van der Waals surface area (Å²) in [7, 11) is 4.99. The summed E-state index contributed by atoms with van der Waals surface area (Å²) in [5, 5.41) is 0. The molecule has 2 aromatic rings. The molecule has 0 radical (unpaired) electrons. The van der Waals surface area contributed by atoms with E-state index in [1.807, 2.05) is 26.8 Å². The minimum atomic E-state index is -0.0348. The van der Waals surface area contributed by atoms with Gasteiger partial charge in [0, 0.05) is 45.1 Å². The zero-order chi connectivity index (χ0) is 21.8. The van der Waals surface area contributed by atoms with Crippen molar-refractivity contribution in [2.24, 2.45) is 0 Å². The number of rotatable bonds is 8. The van der Waals surface area contributed by atoms with Crippen molar-refractivity contribution in [3.8, 4) is 17.3 Å². The van der Waals surface area contributed by atoms with Gasteiger partial charge in [-0.1, -0.05) is 6.92 Å². The third-order valence-corrected chi connectivity index (χ3v) is 5.76. The number of ether oxygens (including phenoxy) is 3. The van der Waals surface area contributed by atoms with Crippen LogP contribution in [0, 0.1) is 6.92 Å². The SMILES string of the molecule is CCc1nc(-c2cnc(OC)cc2C)n(CC)c(=O)c1N1C[C@H](OC)C[C@H]1COC. The van der Waals surface area contributed by atoms with Gasteiger partial charge < -0.3 is 19.1 Å². The molecule has 3 rings (SSSR count). The highest BCUT2D eigenvalue weighted by molar-refractivity contribution is 5.63. The van der Waals surface area contributed by atoms with Crippen LogP contribution in [0.3, 0.4) is 0 Å². The second-order valence-corrected chi connectivity index (χ2v) is 7.53. The number of nitrogens with zero attached hydrogens (tertiary/aromatic N) is 4. The van der Waals surface area contributed by atoms with Crippen LogP contribution in [0.25, 0.3) is 11.4 Å². The van der Waals surface area contributed by atoms with E-state index in [1.54, 1.807) is 32.1 Å². The molecule has 30 heavy (non-hydrogen) atoms. The van der Waals surface area contributed by atoms with Crippen molar-refractivity contribution in [1.82, 2.24) is 14.5 Å². The molecule has 8 nitrogen and oxygen atoms in total. The van der Waals surface area contributed by atoms with Crippen LogP contribution in [0.15, 0.2) is 17.1 Å². The number of pyridine rings is 1. The maximum absolute atomic E-state index is 13.7. The molecule has 3 heterocycles. The number of aromatic nitrogens is 3. The molecule has 0 unspecified atom stereocenters. The smallest absolute Gasteiger partial charge is 0.277 e. The van der Waals surface area contributed by atoms with Crippen molar-refractivity contribution < 1.29 is 14.2 Å². The molecule has 1 fully saturated rings. The summed E-state index contributed by atoms with van der Waals surface area (Å²) in [5.41, 5.74) is 3.20. The van der Waals surface area contributed by atoms with Gasteiger partial charge in [-0.3, -0.25) is 9.36 Å². The van der Waals surface area contributed by atoms with E-state index in [0.29, 0.717) is 43.5 Å². The molecule has 0 amide bonds. The number of hydrogen-bond acceptors (Lipinski definition) is 7. The lowest BCUT2D eigenvalue weighted by Crippen LogP contribution is -2.40. The van der Waals surface area contributed by atoms with Crippen LogP contribution in [0.5, 0.6) is 5.88 Å². The van der Waals surface area contributed by atoms with Crippen molar-refractivity contribution in [1.29, 1.82) is 0 Å². The van der Waals surface area contributed by atoms with Gasteiger partial charge >= 0.3 is 0 Å². The standard InChI is InChI=1S/C22H32N4O4/c1-7-18-20(26-12-16(29-5)10-15(26)13-28-4)22(27)25(8-2)21(24-18)17-11-23-19(30-6)9-14(17)3/h9,11,15-16H,7-8,10,12-13H2,1-6H3/t15-,16+/m0/s1. The van der Waals surface area contributed by atoms with Gasteiger partial charge in [-0.05, 0) is 32.3 Å². The lowest BCUT2D eigenvalue weighted by atomic mass is 10.1. The summed E-state index contributed by atoms with van der Waals surface area (Å²) in [4.78, 5) is 25.1. The van der Waals surface area contributed by atoms with Crippen molar-refractivity contribution in [2.75, 3.05) is 39.4 Å². The Morgan fingerprint density at radius 1 is 1.23 bits per heavy atom. The normalized spacial score (nSPS) is 18.8. The molecule has 0 saturated carbocycles. The van der Waals surface area contributed by atoms with Crippen molar-refractivity contribution >= 4 is 5.69 Å². The lowest BCUT2D eigenvalue weighted by Gasteiger charge is -2.28. The Morgan fingerprint density at radius 3 is 2.57 bits per heavy atom. The fourth-order valence-corrected chi connectivity index (χ4v) is 4.17. The first kappa shape index (κ1) is 22.2. The average Bonchev–Trinajstić information content (AvgIpc) is 3.15. The third kappa shape index (κ3) is 4.06. The van der Waals surface area contributed by atoms with Gasteiger partial charge in [0.05, 0.1) is 31.6 Å². The molecule has 0 aliphatic carbocycles. The second-order valence-electron chi connectivity index (χ2n) is 7.53. The van der Waals surface area contributed by atoms with Crippen molar-refractivity contribution in [3.63, 3.8) is 0 Å². The zero-order valence-corrected chi connectivity index (χ0v) is 18.8. The number of aryl methyl sites for hydroxylation is 2. The maximum Gasteiger partial charge on any atom is 0.277 e. The first-order chi connectivity index (χ1) is 14.5. The van der Waals surface area contributed by atoms with Gasteiger partial charge in [-0.2, -0.15) is 0 Å². The second kappa shape index (κ2) is 9.57. The Labute approximate surface area is 177 Å². The minimum absolute atomic E-state index is 0.0348. The number of anilines is 1. The van der Waals surface area contributed by atoms with E-state index < -0.39 is 0 Å². The molecular weight excluding hydrogens is 384 g/mol. The van der Waals surface area contributed by atoms with Crippen LogP contribution in [0.2, 0.25) is 0 Å². The van der Waals surface area contributed by atoms with E-state index in [1.165, 1.54) is 0 Å². The largest absolute Gasteiger partial charge is 0.481 e. The Kier molecular flexibility index (Phi) is 7.10. The Hall–Kier alpha value is -2.45. The van der Waals surface area contributed by atoms with Gasteiger partial charge in [0.2, 0.25) is 5.88 Å². The van der Waals surface area contributed by atoms with Crippen LogP contribution in [0.4, 0.5) is 5.69 Å². The molecule has 1 saturated heterocycles. The third-order valence-electron chi connectivity index (χ3n) is 5.76. The Balaban J connectivity index is 2.17. The van der Waals surface area contributed by atoms with Crippen molar-refractivity contribution in [2.45, 2.75) is 52.3 Å². The monoisotopic (exact) mass is 416 g/mol. The molecule has 1 aliphatic rings. The molecule has 2 aromatic heterocycles. The fraction of sp³-hybridized carbons (Fsp3) is 0.591. The van der Waals surface area contributed by atoms with E-state index in [2.05, 4.69) is 9.88 Å². The van der Waals surface area contributed by atoms with Crippen LogP contribution >= 0.6 is 0 Å². The van der Waals surface area contributed by atoms with Gasteiger partial charge in [0.25, 0.3) is 5.56 Å². The highest BCUT2D eigenvalue weighted by Crippen LogP contribution is 2.30. The molecule has 8 heteroatoms. The van der Waals surface area contributed by atoms with Crippen LogP contribution in [-0.2, 0) is 22.4 Å². The molecule has 0 aromatic carbocycles. The predicted molar refractivity (Wildman–Crippen MR) is 116 cm³/mol. The van der Waals surface area contributed by atoms with E-state index in [9.17, 15) is 4.79 Å². The predicted octanol–water partition coefficient (Wildman–Crippen LogP) is 2.44. The quantitative estimate of drug-likeness (QED) is 0.654. The molecule has 0 N–H and O–H groups in total. The summed E-state index contributed by atoms with van der Waals surface area (Å²) in [6.45, 7) is 7.67. The van der Waals surface area contributed by atoms with Crippen LogP contribution < -0.4 is 15.2 Å². The van der Waals surface area contributed by atoms with E-state index >= 15 is 0 Å². The summed E-state index contributed by atoms with van der Waals surface area (Å²) < 4.78 is 18.0. The fourth-order valence-electron chi connectivity index (χ4n) is 4.17. The topological polar surface area (TPSA) is 78.7 Å². The Bertz CT molecular complexity index is 943. The summed E-state index contributed by atoms with van der Waals surface area (Å²) in [6.07, 6.45) is 3.27. The average molecular weight is 417 g/mol. The molecule has 0 bridgehead atoms. The van der Waals surface area contributed by atoms with E-state index in [4.69, 9.17) is 19.2 Å². The number of hydrogen-bond donors (Lipinski definition) is 0. The zero-order valence-electron chi connectivity index (χ0n) is 18.8. The van der Waals surface area contributed by atoms with Crippen LogP contribution in [-0.4, -0.2) is 61.2 Å². The van der Waals surface area contributed by atoms with Gasteiger partial charge in [0.1, 0.15) is 11.5 Å². The summed E-state index contributed by atoms with van der Waals surface area (Å²) in [5.74, 6) is 1.18. The lowest BCUT2D eigenvalue weighted by molar-refractivity contribution is 0.111. The minimum Gasteiger partial charge on any atom is -0.481 e. The number of methoxy groups -OCH3 is 3. The first-order valence-corrected chi connectivity index (χ1v) is 10.4. The molecular formula is C22H32N4O4. The van der Waals surface area contributed by atoms with E-state index in [0.717, 1.165) is 23.2 Å². The van der Waals surface area contributed by atoms with Gasteiger partial charge in [-0.25, -0.2) is 9.97 Å². The first-order valence-electron chi connectivity index (χ1n) is 10.4. The molecule has 2 atom stereocenters. The highest BCUT2D eigenvalue weighted by Gasteiger charge is 2.36. The molecule has 1 aliphatic heterocycles. The van der Waals surface area contributed by atoms with Gasteiger partial charge in [-0.15, -0.1) is 0 Å². The van der Waals surface area contributed by atoms with Crippen molar-refractivity contribution in [3.05, 3.63) is 33.9 Å².